The molecule has 1 heterocycles. The number of nitrogens with zero attached hydrogens (tertiary/aromatic N) is 1. The smallest absolute Gasteiger partial charge is 0.339 e. The van der Waals surface area contributed by atoms with Crippen molar-refractivity contribution < 1.29 is 17.9 Å². The number of benzene rings is 1. The number of H-pyrrole nitrogens is 1. The van der Waals surface area contributed by atoms with E-state index in [0.29, 0.717) is 4.47 Å². The van der Waals surface area contributed by atoms with Gasteiger partial charge in [0.25, 0.3) is 10.0 Å². The Hall–Kier alpha value is -1.87. The van der Waals surface area contributed by atoms with E-state index in [0.717, 1.165) is 18.5 Å². The fourth-order valence-corrected chi connectivity index (χ4v) is 3.96. The predicted octanol–water partition coefficient (Wildman–Crippen LogP) is 3.66. The van der Waals surface area contributed by atoms with Gasteiger partial charge in [0, 0.05) is 16.2 Å². The summed E-state index contributed by atoms with van der Waals surface area (Å²) in [6, 6.07) is 5.94. The molecule has 0 fully saturated rings. The Morgan fingerprint density at radius 2 is 2.12 bits per heavy atom. The summed E-state index contributed by atoms with van der Waals surface area (Å²) >= 11 is 3.22. The van der Waals surface area contributed by atoms with Crippen molar-refractivity contribution in [2.75, 3.05) is 11.8 Å². The molecule has 1 aromatic carbocycles. The Balaban J connectivity index is 2.33. The van der Waals surface area contributed by atoms with E-state index in [1.807, 2.05) is 6.92 Å². The van der Waals surface area contributed by atoms with Crippen molar-refractivity contribution in [3.8, 4) is 0 Å². The van der Waals surface area contributed by atoms with Gasteiger partial charge >= 0.3 is 5.97 Å². The van der Waals surface area contributed by atoms with Gasteiger partial charge in [-0.25, -0.2) is 13.2 Å². The Morgan fingerprint density at radius 3 is 2.76 bits per heavy atom. The summed E-state index contributed by atoms with van der Waals surface area (Å²) in [7, 11) is -2.80. The van der Waals surface area contributed by atoms with Crippen LogP contribution in [0.5, 0.6) is 0 Å². The molecule has 7 nitrogen and oxygen atoms in total. The summed E-state index contributed by atoms with van der Waals surface area (Å²) in [5.74, 6) is -0.313. The summed E-state index contributed by atoms with van der Waals surface area (Å²) in [6.45, 7) is 4.12. The third-order valence-corrected chi connectivity index (χ3v) is 5.63. The number of esters is 1. The second-order valence-corrected chi connectivity index (χ2v) is 8.20. The number of anilines is 1. The van der Waals surface area contributed by atoms with Crippen LogP contribution in [0.1, 0.15) is 48.7 Å². The lowest BCUT2D eigenvalue weighted by molar-refractivity contribution is 0.0596. The van der Waals surface area contributed by atoms with E-state index in [9.17, 15) is 13.2 Å². The Kier molecular flexibility index (Phi) is 6.23. The van der Waals surface area contributed by atoms with Gasteiger partial charge in [-0.2, -0.15) is 5.10 Å². The maximum Gasteiger partial charge on any atom is 0.339 e. The molecule has 0 amide bonds. The van der Waals surface area contributed by atoms with Gasteiger partial charge < -0.3 is 4.74 Å². The summed E-state index contributed by atoms with van der Waals surface area (Å²) in [4.78, 5) is 11.7. The molecule has 0 radical (unpaired) electrons. The number of ether oxygens (including phenoxy) is 1. The van der Waals surface area contributed by atoms with E-state index < -0.39 is 16.0 Å². The van der Waals surface area contributed by atoms with E-state index in [1.54, 1.807) is 12.1 Å². The maximum absolute atomic E-state index is 12.7. The average Bonchev–Trinajstić information content (AvgIpc) is 3.01. The van der Waals surface area contributed by atoms with Crippen LogP contribution in [0.15, 0.2) is 33.6 Å². The minimum atomic E-state index is -3.99. The molecule has 0 aliphatic carbocycles. The highest BCUT2D eigenvalue weighted by Crippen LogP contribution is 2.25. The fourth-order valence-electron chi connectivity index (χ4n) is 2.43. The summed E-state index contributed by atoms with van der Waals surface area (Å²) in [5.41, 5.74) is 0.794. The number of nitrogens with one attached hydrogen (secondary N) is 2. The summed E-state index contributed by atoms with van der Waals surface area (Å²) < 4.78 is 33.0. The fraction of sp³-hybridized carbons (Fsp3) is 0.375. The first kappa shape index (κ1) is 19.5. The van der Waals surface area contributed by atoms with Crippen LogP contribution in [-0.4, -0.2) is 31.7 Å². The van der Waals surface area contributed by atoms with Gasteiger partial charge in [-0.1, -0.05) is 36.2 Å². The van der Waals surface area contributed by atoms with Crippen LogP contribution in [0.2, 0.25) is 0 Å². The van der Waals surface area contributed by atoms with Gasteiger partial charge in [0.05, 0.1) is 12.7 Å². The summed E-state index contributed by atoms with van der Waals surface area (Å²) in [5, 5.41) is 6.85. The average molecular weight is 430 g/mol. The number of hydrogen-bond acceptors (Lipinski definition) is 5. The van der Waals surface area contributed by atoms with Crippen molar-refractivity contribution in [2.24, 2.45) is 0 Å². The van der Waals surface area contributed by atoms with Crippen LogP contribution in [0.4, 0.5) is 5.82 Å². The van der Waals surface area contributed by atoms with E-state index in [4.69, 9.17) is 0 Å². The molecule has 0 saturated carbocycles. The largest absolute Gasteiger partial charge is 0.465 e. The third kappa shape index (κ3) is 4.60. The van der Waals surface area contributed by atoms with Crippen LogP contribution in [0, 0.1) is 0 Å². The molecule has 2 aromatic rings. The number of rotatable bonds is 7. The highest BCUT2D eigenvalue weighted by Gasteiger charge is 2.24. The number of sulfonamides is 1. The Labute approximate surface area is 155 Å². The minimum Gasteiger partial charge on any atom is -0.465 e. The van der Waals surface area contributed by atoms with Gasteiger partial charge in [0.1, 0.15) is 4.90 Å². The van der Waals surface area contributed by atoms with Gasteiger partial charge in [-0.3, -0.25) is 9.82 Å². The molecular formula is C16H20BrN3O4S. The molecular weight excluding hydrogens is 410 g/mol. The molecule has 1 unspecified atom stereocenters. The molecule has 9 heteroatoms. The lowest BCUT2D eigenvalue weighted by Crippen LogP contribution is -2.17. The van der Waals surface area contributed by atoms with Gasteiger partial charge in [-0.05, 0) is 30.5 Å². The van der Waals surface area contributed by atoms with Gasteiger partial charge in [0.2, 0.25) is 0 Å². The summed E-state index contributed by atoms with van der Waals surface area (Å²) in [6.07, 6.45) is 1.98. The normalized spacial score (nSPS) is 12.6. The first-order valence-electron chi connectivity index (χ1n) is 7.74. The van der Waals surface area contributed by atoms with Crippen molar-refractivity contribution in [1.82, 2.24) is 10.2 Å². The molecule has 0 bridgehead atoms. The highest BCUT2D eigenvalue weighted by atomic mass is 79.9. The SMILES string of the molecule is CCCC(C)c1cc(NS(=O)(=O)c2ccc(Br)cc2C(=O)OC)n[nH]1. The van der Waals surface area contributed by atoms with Gasteiger partial charge in [-0.15, -0.1) is 0 Å². The zero-order chi connectivity index (χ0) is 18.6. The van der Waals surface area contributed by atoms with Crippen molar-refractivity contribution in [2.45, 2.75) is 37.5 Å². The Bertz CT molecular complexity index is 864. The third-order valence-electron chi connectivity index (χ3n) is 3.73. The van der Waals surface area contributed by atoms with Crippen LogP contribution >= 0.6 is 15.9 Å². The molecule has 25 heavy (non-hydrogen) atoms. The molecule has 0 spiro atoms. The zero-order valence-corrected chi connectivity index (χ0v) is 16.6. The monoisotopic (exact) mass is 429 g/mol. The number of halogens is 1. The number of carbonyl (C=O) groups excluding carboxylic acids is 1. The molecule has 0 aliphatic rings. The molecule has 2 rings (SSSR count). The van der Waals surface area contributed by atoms with Crippen molar-refractivity contribution in [3.05, 3.63) is 40.0 Å². The molecule has 136 valence electrons. The topological polar surface area (TPSA) is 101 Å². The molecule has 2 N–H and O–H groups in total. The number of aromatic nitrogens is 2. The Morgan fingerprint density at radius 1 is 1.40 bits per heavy atom. The molecule has 0 saturated heterocycles. The highest BCUT2D eigenvalue weighted by molar-refractivity contribution is 9.10. The molecule has 0 aliphatic heterocycles. The quantitative estimate of drug-likeness (QED) is 0.653. The second kappa shape index (κ2) is 8.01. The van der Waals surface area contributed by atoms with E-state index in [2.05, 4.69) is 42.5 Å². The van der Waals surface area contributed by atoms with Gasteiger partial charge in [0.15, 0.2) is 5.82 Å². The zero-order valence-electron chi connectivity index (χ0n) is 14.2. The predicted molar refractivity (Wildman–Crippen MR) is 98.2 cm³/mol. The number of carbonyl (C=O) groups is 1. The minimum absolute atomic E-state index is 0.0560. The first-order valence-corrected chi connectivity index (χ1v) is 10.0. The number of aromatic amines is 1. The lowest BCUT2D eigenvalue weighted by Gasteiger charge is -2.10. The number of methoxy groups -OCH3 is 1. The van der Waals surface area contributed by atoms with Crippen LogP contribution < -0.4 is 4.72 Å². The van der Waals surface area contributed by atoms with Crippen LogP contribution in [0.3, 0.4) is 0 Å². The van der Waals surface area contributed by atoms with Crippen LogP contribution in [-0.2, 0) is 14.8 Å². The van der Waals surface area contributed by atoms with E-state index in [-0.39, 0.29) is 22.2 Å². The molecule has 1 atom stereocenters. The van der Waals surface area contributed by atoms with Crippen LogP contribution in [0.25, 0.3) is 0 Å². The second-order valence-electron chi connectivity index (χ2n) is 5.64. The maximum atomic E-state index is 12.7. The lowest BCUT2D eigenvalue weighted by atomic mass is 10.0. The van der Waals surface area contributed by atoms with E-state index in [1.165, 1.54) is 19.2 Å². The van der Waals surface area contributed by atoms with Crippen molar-refractivity contribution in [3.63, 3.8) is 0 Å². The van der Waals surface area contributed by atoms with E-state index >= 15 is 0 Å². The van der Waals surface area contributed by atoms with Crippen molar-refractivity contribution in [1.29, 1.82) is 0 Å². The molecule has 1 aromatic heterocycles. The van der Waals surface area contributed by atoms with Crippen molar-refractivity contribution >= 4 is 37.7 Å². The standard InChI is InChI=1S/C16H20BrN3O4S/c1-4-5-10(2)13-9-15(19-18-13)20-25(22,23)14-7-6-11(17)8-12(14)16(21)24-3/h6-10H,4-5H2,1-3H3,(H2,18,19,20). The number of hydrogen-bond donors (Lipinski definition) is 2. The first-order chi connectivity index (χ1) is 11.8.